The van der Waals surface area contributed by atoms with E-state index >= 15 is 0 Å². The molecule has 102 valence electrons. The van der Waals surface area contributed by atoms with Crippen molar-refractivity contribution in [2.75, 3.05) is 27.2 Å². The molecule has 4 nitrogen and oxygen atoms in total. The summed E-state index contributed by atoms with van der Waals surface area (Å²) in [5, 5.41) is 11.7. The molecular weight excluding hydrogens is 216 g/mol. The third-order valence-electron chi connectivity index (χ3n) is 3.49. The van der Waals surface area contributed by atoms with Crippen LogP contribution in [0.15, 0.2) is 0 Å². The smallest absolute Gasteiger partial charge is 0.0612 e. The number of likely N-dealkylation sites (N-methyl/N-ethyl adjacent to an activating group) is 1. The molecule has 0 radical (unpaired) electrons. The van der Waals surface area contributed by atoms with Gasteiger partial charge in [0.1, 0.15) is 0 Å². The Kier molecular flexibility index (Phi) is 4.58. The minimum absolute atomic E-state index is 0.218. The number of rotatable bonds is 4. The lowest BCUT2D eigenvalue weighted by Gasteiger charge is -2.51. The number of ether oxygens (including phenoxy) is 1. The van der Waals surface area contributed by atoms with Gasteiger partial charge in [0.15, 0.2) is 0 Å². The van der Waals surface area contributed by atoms with E-state index in [1.165, 1.54) is 5.06 Å². The fraction of sp³-hybridized carbons (Fsp3) is 1.00. The Hall–Kier alpha value is -0.160. The largest absolute Gasteiger partial charge is 0.377 e. The molecule has 1 rings (SSSR count). The average molecular weight is 244 g/mol. The topological polar surface area (TPSA) is 35.9 Å². The van der Waals surface area contributed by atoms with Gasteiger partial charge in [-0.2, -0.15) is 5.06 Å². The number of hydrogen-bond donors (Lipinski definition) is 1. The van der Waals surface area contributed by atoms with E-state index in [2.05, 4.69) is 32.6 Å². The van der Waals surface area contributed by atoms with E-state index < -0.39 is 0 Å². The predicted molar refractivity (Wildman–Crippen MR) is 69.3 cm³/mol. The van der Waals surface area contributed by atoms with Crippen LogP contribution in [-0.4, -0.2) is 59.6 Å². The molecule has 0 atom stereocenters. The van der Waals surface area contributed by atoms with Crippen LogP contribution in [0.25, 0.3) is 0 Å². The summed E-state index contributed by atoms with van der Waals surface area (Å²) < 4.78 is 5.93. The van der Waals surface area contributed by atoms with Crippen molar-refractivity contribution in [2.24, 2.45) is 0 Å². The summed E-state index contributed by atoms with van der Waals surface area (Å²) in [6.45, 7) is 9.97. The lowest BCUT2D eigenvalue weighted by molar-refractivity contribution is -0.261. The van der Waals surface area contributed by atoms with Gasteiger partial charge < -0.3 is 14.8 Å². The highest BCUT2D eigenvalue weighted by atomic mass is 16.5. The van der Waals surface area contributed by atoms with Gasteiger partial charge in [-0.3, -0.25) is 0 Å². The SMILES string of the molecule is CN(C)CCOC1CC(C)(C)N(O)C(C)(C)C1. The van der Waals surface area contributed by atoms with Gasteiger partial charge >= 0.3 is 0 Å². The Bertz CT molecular complexity index is 234. The van der Waals surface area contributed by atoms with Gasteiger partial charge in [-0.1, -0.05) is 0 Å². The van der Waals surface area contributed by atoms with Gasteiger partial charge in [0.2, 0.25) is 0 Å². The number of nitrogens with zero attached hydrogens (tertiary/aromatic N) is 2. The van der Waals surface area contributed by atoms with E-state index in [1.54, 1.807) is 0 Å². The van der Waals surface area contributed by atoms with E-state index in [4.69, 9.17) is 4.74 Å². The highest BCUT2D eigenvalue weighted by Crippen LogP contribution is 2.37. The van der Waals surface area contributed by atoms with Crippen LogP contribution in [0.2, 0.25) is 0 Å². The summed E-state index contributed by atoms with van der Waals surface area (Å²) in [5.74, 6) is 0. The first-order valence-corrected chi connectivity index (χ1v) is 6.41. The Morgan fingerprint density at radius 3 is 2.06 bits per heavy atom. The lowest BCUT2D eigenvalue weighted by atomic mass is 9.80. The highest BCUT2D eigenvalue weighted by Gasteiger charge is 2.45. The van der Waals surface area contributed by atoms with Crippen LogP contribution in [-0.2, 0) is 4.74 Å². The minimum Gasteiger partial charge on any atom is -0.377 e. The van der Waals surface area contributed by atoms with Crippen LogP contribution in [0.3, 0.4) is 0 Å². The maximum Gasteiger partial charge on any atom is 0.0612 e. The molecule has 0 aromatic heterocycles. The summed E-state index contributed by atoms with van der Waals surface area (Å²) in [5.41, 5.74) is -0.435. The van der Waals surface area contributed by atoms with Crippen LogP contribution < -0.4 is 0 Å². The molecule has 0 aromatic rings. The third kappa shape index (κ3) is 3.91. The molecule has 0 aromatic carbocycles. The van der Waals surface area contributed by atoms with Gasteiger partial charge in [0, 0.05) is 17.6 Å². The zero-order valence-corrected chi connectivity index (χ0v) is 12.2. The number of hydrogen-bond acceptors (Lipinski definition) is 4. The van der Waals surface area contributed by atoms with Crippen LogP contribution in [0.5, 0.6) is 0 Å². The van der Waals surface area contributed by atoms with Crippen molar-refractivity contribution in [3.05, 3.63) is 0 Å². The molecule has 0 spiro atoms. The fourth-order valence-corrected chi connectivity index (χ4v) is 2.70. The van der Waals surface area contributed by atoms with Crippen LogP contribution in [0.4, 0.5) is 0 Å². The van der Waals surface area contributed by atoms with E-state index in [-0.39, 0.29) is 17.2 Å². The van der Waals surface area contributed by atoms with Crippen molar-refractivity contribution >= 4 is 0 Å². The van der Waals surface area contributed by atoms with Gasteiger partial charge in [0.05, 0.1) is 12.7 Å². The molecule has 1 aliphatic rings. The second kappa shape index (κ2) is 5.22. The van der Waals surface area contributed by atoms with Crippen LogP contribution in [0, 0.1) is 0 Å². The van der Waals surface area contributed by atoms with Gasteiger partial charge in [-0.25, -0.2) is 0 Å². The monoisotopic (exact) mass is 244 g/mol. The van der Waals surface area contributed by atoms with Gasteiger partial charge in [-0.15, -0.1) is 0 Å². The summed E-state index contributed by atoms with van der Waals surface area (Å²) in [6, 6.07) is 0. The van der Waals surface area contributed by atoms with Crippen LogP contribution >= 0.6 is 0 Å². The Morgan fingerprint density at radius 1 is 1.18 bits per heavy atom. The number of piperidine rings is 1. The molecule has 1 heterocycles. The summed E-state index contributed by atoms with van der Waals surface area (Å²) >= 11 is 0. The molecule has 0 amide bonds. The van der Waals surface area contributed by atoms with Crippen molar-refractivity contribution in [1.82, 2.24) is 9.96 Å². The molecular formula is C13H28N2O2. The second-order valence-electron chi connectivity index (χ2n) is 6.64. The van der Waals surface area contributed by atoms with Crippen molar-refractivity contribution in [3.8, 4) is 0 Å². The fourth-order valence-electron chi connectivity index (χ4n) is 2.70. The third-order valence-corrected chi connectivity index (χ3v) is 3.49. The zero-order chi connectivity index (χ0) is 13.3. The van der Waals surface area contributed by atoms with E-state index in [0.717, 1.165) is 26.0 Å². The van der Waals surface area contributed by atoms with Crippen LogP contribution in [0.1, 0.15) is 40.5 Å². The lowest BCUT2D eigenvalue weighted by Crippen LogP contribution is -2.60. The first-order valence-electron chi connectivity index (χ1n) is 6.41. The van der Waals surface area contributed by atoms with E-state index in [0.29, 0.717) is 0 Å². The van der Waals surface area contributed by atoms with Crippen molar-refractivity contribution in [3.63, 3.8) is 0 Å². The van der Waals surface area contributed by atoms with Crippen molar-refractivity contribution in [1.29, 1.82) is 0 Å². The molecule has 0 unspecified atom stereocenters. The molecule has 1 aliphatic heterocycles. The van der Waals surface area contributed by atoms with E-state index in [1.807, 2.05) is 14.1 Å². The van der Waals surface area contributed by atoms with E-state index in [9.17, 15) is 5.21 Å². The maximum atomic E-state index is 10.2. The molecule has 4 heteroatoms. The zero-order valence-electron chi connectivity index (χ0n) is 12.2. The predicted octanol–water partition coefficient (Wildman–Crippen LogP) is 1.98. The molecule has 17 heavy (non-hydrogen) atoms. The molecule has 1 fully saturated rings. The molecule has 1 saturated heterocycles. The first kappa shape index (κ1) is 14.9. The molecule has 0 bridgehead atoms. The standard InChI is InChI=1S/C13H28N2O2/c1-12(2)9-11(17-8-7-14(5)6)10-13(3,4)15(12)16/h11,16H,7-10H2,1-6H3. The number of hydroxylamine groups is 2. The maximum absolute atomic E-state index is 10.2. The highest BCUT2D eigenvalue weighted by molar-refractivity contribution is 4.96. The Balaban J connectivity index is 2.53. The van der Waals surface area contributed by atoms with Crippen molar-refractivity contribution < 1.29 is 9.94 Å². The summed E-state index contributed by atoms with van der Waals surface area (Å²) in [4.78, 5) is 2.12. The summed E-state index contributed by atoms with van der Waals surface area (Å²) in [7, 11) is 4.10. The van der Waals surface area contributed by atoms with Gasteiger partial charge in [-0.05, 0) is 54.6 Å². The van der Waals surface area contributed by atoms with Crippen molar-refractivity contribution in [2.45, 2.75) is 57.7 Å². The molecule has 0 aliphatic carbocycles. The first-order chi connectivity index (χ1) is 7.65. The Morgan fingerprint density at radius 2 is 1.65 bits per heavy atom. The Labute approximate surface area is 105 Å². The molecule has 0 saturated carbocycles. The van der Waals surface area contributed by atoms with Gasteiger partial charge in [0.25, 0.3) is 0 Å². The summed E-state index contributed by atoms with van der Waals surface area (Å²) in [6.07, 6.45) is 1.99. The second-order valence-corrected chi connectivity index (χ2v) is 6.64. The minimum atomic E-state index is -0.218. The molecule has 1 N–H and O–H groups in total. The quantitative estimate of drug-likeness (QED) is 0.820. The average Bonchev–Trinajstić information content (AvgIpc) is 2.12. The normalized spacial score (nSPS) is 25.4.